The predicted octanol–water partition coefficient (Wildman–Crippen LogP) is -0.137. The van der Waals surface area contributed by atoms with Gasteiger partial charge in [-0.25, -0.2) is 8.42 Å². The predicted molar refractivity (Wildman–Crippen MR) is 64.3 cm³/mol. The molecule has 0 aliphatic carbocycles. The average molecular weight is 264 g/mol. The summed E-state index contributed by atoms with van der Waals surface area (Å²) in [6.45, 7) is 5.00. The van der Waals surface area contributed by atoms with Crippen molar-refractivity contribution >= 4 is 16.0 Å². The molecule has 2 N–H and O–H groups in total. The third-order valence-electron chi connectivity index (χ3n) is 2.86. The van der Waals surface area contributed by atoms with Gasteiger partial charge in [0.25, 0.3) is 0 Å². The second kappa shape index (κ2) is 5.79. The van der Waals surface area contributed by atoms with Crippen LogP contribution in [0.3, 0.4) is 0 Å². The Morgan fingerprint density at radius 3 is 2.35 bits per heavy atom. The first-order chi connectivity index (χ1) is 7.84. The van der Waals surface area contributed by atoms with E-state index in [1.807, 2.05) is 13.8 Å². The number of hydrogen-bond acceptors (Lipinski definition) is 4. The summed E-state index contributed by atoms with van der Waals surface area (Å²) >= 11 is 0. The van der Waals surface area contributed by atoms with E-state index < -0.39 is 16.0 Å². The second-order valence-corrected chi connectivity index (χ2v) is 6.49. The van der Waals surface area contributed by atoms with E-state index in [1.54, 1.807) is 0 Å². The van der Waals surface area contributed by atoms with Crippen LogP contribution in [0.25, 0.3) is 0 Å². The molecule has 1 aliphatic rings. The molecular weight excluding hydrogens is 244 g/mol. The maximum atomic E-state index is 12.1. The van der Waals surface area contributed by atoms with Crippen molar-refractivity contribution < 1.29 is 18.3 Å². The summed E-state index contributed by atoms with van der Waals surface area (Å²) < 4.78 is 25.7. The molecular formula is C10H20N2O4S. The minimum atomic E-state index is -3.35. The summed E-state index contributed by atoms with van der Waals surface area (Å²) in [6, 6.07) is -0.151. The van der Waals surface area contributed by atoms with Gasteiger partial charge in [0, 0.05) is 31.6 Å². The van der Waals surface area contributed by atoms with Crippen LogP contribution in [0.1, 0.15) is 26.7 Å². The number of sulfonamides is 1. The zero-order valence-electron chi connectivity index (χ0n) is 10.2. The first-order valence-corrected chi connectivity index (χ1v) is 7.39. The highest BCUT2D eigenvalue weighted by molar-refractivity contribution is 7.89. The molecule has 0 amide bonds. The quantitative estimate of drug-likeness (QED) is 0.722. The van der Waals surface area contributed by atoms with E-state index in [9.17, 15) is 13.2 Å². The first-order valence-electron chi connectivity index (χ1n) is 5.78. The lowest BCUT2D eigenvalue weighted by atomic mass is 10.2. The Labute approximate surface area is 102 Å². The lowest BCUT2D eigenvalue weighted by molar-refractivity contribution is -0.137. The third kappa shape index (κ3) is 3.93. The molecule has 0 aromatic heterocycles. The molecule has 0 aromatic rings. The van der Waals surface area contributed by atoms with Crippen LogP contribution in [0.5, 0.6) is 0 Å². The monoisotopic (exact) mass is 264 g/mol. The molecule has 2 unspecified atom stereocenters. The van der Waals surface area contributed by atoms with Crippen molar-refractivity contribution in [1.82, 2.24) is 9.62 Å². The van der Waals surface area contributed by atoms with Gasteiger partial charge in [-0.05, 0) is 20.3 Å². The third-order valence-corrected chi connectivity index (χ3v) is 5.03. The Morgan fingerprint density at radius 1 is 1.35 bits per heavy atom. The zero-order chi connectivity index (χ0) is 13.1. The molecule has 1 fully saturated rings. The fourth-order valence-corrected chi connectivity index (χ4v) is 4.14. The molecule has 1 saturated heterocycles. The van der Waals surface area contributed by atoms with Crippen molar-refractivity contribution in [3.05, 3.63) is 0 Å². The Bertz CT molecular complexity index is 359. The molecule has 1 rings (SSSR count). The Hall–Kier alpha value is -0.660. The van der Waals surface area contributed by atoms with Gasteiger partial charge in [0.2, 0.25) is 10.0 Å². The molecule has 1 heterocycles. The molecule has 0 aromatic carbocycles. The number of aliphatic carboxylic acids is 1. The molecule has 0 spiro atoms. The van der Waals surface area contributed by atoms with Crippen LogP contribution in [0.4, 0.5) is 0 Å². The number of carboxylic acids is 1. The number of piperazine rings is 1. The van der Waals surface area contributed by atoms with E-state index in [0.29, 0.717) is 13.1 Å². The summed E-state index contributed by atoms with van der Waals surface area (Å²) in [4.78, 5) is 10.4. The molecule has 6 nitrogen and oxygen atoms in total. The van der Waals surface area contributed by atoms with Crippen LogP contribution < -0.4 is 5.32 Å². The number of hydrogen-bond donors (Lipinski definition) is 2. The number of nitrogens with zero attached hydrogens (tertiary/aromatic N) is 1. The number of nitrogens with one attached hydrogen (secondary N) is 1. The fraction of sp³-hybridized carbons (Fsp3) is 0.900. The van der Waals surface area contributed by atoms with Crippen LogP contribution in [0, 0.1) is 0 Å². The molecule has 100 valence electrons. The Kier molecular flexibility index (Phi) is 4.91. The van der Waals surface area contributed by atoms with Gasteiger partial charge in [0.15, 0.2) is 0 Å². The highest BCUT2D eigenvalue weighted by atomic mass is 32.2. The van der Waals surface area contributed by atoms with E-state index in [1.165, 1.54) is 4.31 Å². The molecule has 0 bridgehead atoms. The molecule has 1 aliphatic heterocycles. The minimum Gasteiger partial charge on any atom is -0.481 e. The van der Waals surface area contributed by atoms with E-state index in [0.717, 1.165) is 0 Å². The Balaban J connectivity index is 2.64. The average Bonchev–Trinajstić information content (AvgIpc) is 2.15. The normalized spacial score (nSPS) is 26.9. The van der Waals surface area contributed by atoms with Crippen LogP contribution in [0.15, 0.2) is 0 Å². The van der Waals surface area contributed by atoms with Gasteiger partial charge < -0.3 is 10.4 Å². The maximum Gasteiger partial charge on any atom is 0.303 e. The standard InChI is InChI=1S/C10H20N2O4S/c1-8-6-11-7-9(2)12(8)17(15,16)5-3-4-10(13)14/h8-9,11H,3-7H2,1-2H3,(H,13,14). The van der Waals surface area contributed by atoms with Crippen LogP contribution in [0.2, 0.25) is 0 Å². The van der Waals surface area contributed by atoms with Crippen LogP contribution in [-0.4, -0.2) is 54.7 Å². The van der Waals surface area contributed by atoms with E-state index in [2.05, 4.69) is 5.32 Å². The van der Waals surface area contributed by atoms with Crippen molar-refractivity contribution in [2.75, 3.05) is 18.8 Å². The lowest BCUT2D eigenvalue weighted by Crippen LogP contribution is -2.57. The van der Waals surface area contributed by atoms with Crippen molar-refractivity contribution in [2.24, 2.45) is 0 Å². The number of carbonyl (C=O) groups is 1. The highest BCUT2D eigenvalue weighted by Gasteiger charge is 2.33. The van der Waals surface area contributed by atoms with E-state index in [-0.39, 0.29) is 30.7 Å². The summed E-state index contributed by atoms with van der Waals surface area (Å²) in [5.74, 6) is -1.05. The van der Waals surface area contributed by atoms with Crippen molar-refractivity contribution in [1.29, 1.82) is 0 Å². The first kappa shape index (κ1) is 14.4. The van der Waals surface area contributed by atoms with E-state index in [4.69, 9.17) is 5.11 Å². The summed E-state index contributed by atoms with van der Waals surface area (Å²) in [6.07, 6.45) is 0.0646. The van der Waals surface area contributed by atoms with E-state index >= 15 is 0 Å². The second-order valence-electron chi connectivity index (χ2n) is 4.50. The fourth-order valence-electron chi connectivity index (χ4n) is 2.18. The van der Waals surface area contributed by atoms with Gasteiger partial charge in [0.1, 0.15) is 0 Å². The molecule has 0 saturated carbocycles. The minimum absolute atomic E-state index is 0.0754. The molecule has 0 radical (unpaired) electrons. The topological polar surface area (TPSA) is 86.7 Å². The zero-order valence-corrected chi connectivity index (χ0v) is 11.0. The van der Waals surface area contributed by atoms with Gasteiger partial charge in [-0.15, -0.1) is 0 Å². The van der Waals surface area contributed by atoms with Gasteiger partial charge in [-0.1, -0.05) is 0 Å². The van der Waals surface area contributed by atoms with Gasteiger partial charge in [-0.3, -0.25) is 4.79 Å². The summed E-state index contributed by atoms with van der Waals surface area (Å²) in [5.41, 5.74) is 0. The molecule has 2 atom stereocenters. The summed E-state index contributed by atoms with van der Waals surface area (Å²) in [5, 5.41) is 11.7. The van der Waals surface area contributed by atoms with Crippen molar-refractivity contribution in [2.45, 2.75) is 38.8 Å². The smallest absolute Gasteiger partial charge is 0.303 e. The number of carboxylic acid groups (broad SMARTS) is 1. The highest BCUT2D eigenvalue weighted by Crippen LogP contribution is 2.16. The number of rotatable bonds is 5. The van der Waals surface area contributed by atoms with Gasteiger partial charge in [0.05, 0.1) is 5.75 Å². The van der Waals surface area contributed by atoms with Crippen LogP contribution >= 0.6 is 0 Å². The molecule has 7 heteroatoms. The summed E-state index contributed by atoms with van der Waals surface area (Å²) in [7, 11) is -3.35. The molecule has 17 heavy (non-hydrogen) atoms. The van der Waals surface area contributed by atoms with Crippen LogP contribution in [-0.2, 0) is 14.8 Å². The maximum absolute atomic E-state index is 12.1. The van der Waals surface area contributed by atoms with Crippen molar-refractivity contribution in [3.63, 3.8) is 0 Å². The Morgan fingerprint density at radius 2 is 1.88 bits per heavy atom. The van der Waals surface area contributed by atoms with Crippen molar-refractivity contribution in [3.8, 4) is 0 Å². The largest absolute Gasteiger partial charge is 0.481 e. The SMILES string of the molecule is CC1CNCC(C)N1S(=O)(=O)CCCC(=O)O. The van der Waals surface area contributed by atoms with Gasteiger partial charge >= 0.3 is 5.97 Å². The lowest BCUT2D eigenvalue weighted by Gasteiger charge is -2.38. The van der Waals surface area contributed by atoms with Gasteiger partial charge in [-0.2, -0.15) is 4.31 Å².